The van der Waals surface area contributed by atoms with Gasteiger partial charge in [-0.2, -0.15) is 4.31 Å². The molecule has 8 heteroatoms. The van der Waals surface area contributed by atoms with Crippen molar-refractivity contribution in [1.29, 1.82) is 0 Å². The van der Waals surface area contributed by atoms with Crippen LogP contribution in [0.3, 0.4) is 0 Å². The summed E-state index contributed by atoms with van der Waals surface area (Å²) < 4.78 is 57.0. The Kier molecular flexibility index (Phi) is 5.33. The van der Waals surface area contributed by atoms with E-state index >= 15 is 0 Å². The van der Waals surface area contributed by atoms with Gasteiger partial charge in [0.1, 0.15) is 5.75 Å². The van der Waals surface area contributed by atoms with Crippen LogP contribution in [0.5, 0.6) is 5.75 Å². The Morgan fingerprint density at radius 1 is 0.889 bits per heavy atom. The normalized spacial score (nSPS) is 16.3. The van der Waals surface area contributed by atoms with Gasteiger partial charge in [-0.25, -0.2) is 16.8 Å². The minimum atomic E-state index is -3.68. The number of hydrogen-bond donors (Lipinski definition) is 0. The van der Waals surface area contributed by atoms with Crippen LogP contribution in [-0.4, -0.2) is 46.6 Å². The van der Waals surface area contributed by atoms with Crippen molar-refractivity contribution in [3.05, 3.63) is 54.1 Å². The van der Waals surface area contributed by atoms with Gasteiger partial charge < -0.3 is 4.74 Å². The Balaban J connectivity index is 1.73. The van der Waals surface area contributed by atoms with E-state index in [0.29, 0.717) is 11.7 Å². The number of sulfonamides is 1. The molecule has 2 aromatic carbocycles. The number of hydrogen-bond acceptors (Lipinski definition) is 5. The van der Waals surface area contributed by atoms with Crippen LogP contribution < -0.4 is 4.74 Å². The molecule has 0 unspecified atom stereocenters. The van der Waals surface area contributed by atoms with E-state index in [1.807, 2.05) is 13.8 Å². The van der Waals surface area contributed by atoms with Crippen molar-refractivity contribution in [3.8, 4) is 5.75 Å². The lowest BCUT2D eigenvalue weighted by Crippen LogP contribution is -2.56. The third kappa shape index (κ3) is 3.74. The topological polar surface area (TPSA) is 80.8 Å². The average molecular weight is 410 g/mol. The SMILES string of the molecule is COc1ccc(S(=O)(=O)C2CN(S(=O)(=O)c3ccc(C(C)C)cc3)C2)cc1. The number of benzene rings is 2. The van der Waals surface area contributed by atoms with E-state index in [0.717, 1.165) is 5.56 Å². The predicted octanol–water partition coefficient (Wildman–Crippen LogP) is 2.67. The van der Waals surface area contributed by atoms with Crippen LogP contribution in [0, 0.1) is 0 Å². The molecule has 6 nitrogen and oxygen atoms in total. The zero-order valence-electron chi connectivity index (χ0n) is 15.5. The molecule has 1 aliphatic rings. The summed E-state index contributed by atoms with van der Waals surface area (Å²) in [4.78, 5) is 0.360. The first-order valence-electron chi connectivity index (χ1n) is 8.64. The molecule has 27 heavy (non-hydrogen) atoms. The Hall–Kier alpha value is -1.90. The molecule has 1 saturated heterocycles. The third-order valence-corrected chi connectivity index (χ3v) is 8.78. The summed E-state index contributed by atoms with van der Waals surface area (Å²) in [6.07, 6.45) is 0. The molecule has 0 N–H and O–H groups in total. The van der Waals surface area contributed by atoms with Gasteiger partial charge in [0.2, 0.25) is 10.0 Å². The second kappa shape index (κ2) is 7.26. The lowest BCUT2D eigenvalue weighted by atomic mass is 10.0. The summed E-state index contributed by atoms with van der Waals surface area (Å²) in [7, 11) is -5.76. The molecule has 0 spiro atoms. The minimum absolute atomic E-state index is 0.0391. The highest BCUT2D eigenvalue weighted by Gasteiger charge is 2.44. The molecule has 3 rings (SSSR count). The number of methoxy groups -OCH3 is 1. The first-order valence-corrected chi connectivity index (χ1v) is 11.6. The summed E-state index contributed by atoms with van der Waals surface area (Å²) >= 11 is 0. The highest BCUT2D eigenvalue weighted by atomic mass is 32.2. The zero-order valence-corrected chi connectivity index (χ0v) is 17.1. The Labute approximate surface area is 160 Å². The van der Waals surface area contributed by atoms with Gasteiger partial charge in [0, 0.05) is 13.1 Å². The van der Waals surface area contributed by atoms with Crippen LogP contribution in [0.15, 0.2) is 58.3 Å². The van der Waals surface area contributed by atoms with Gasteiger partial charge in [0.05, 0.1) is 22.2 Å². The molecule has 0 radical (unpaired) electrons. The maximum atomic E-state index is 12.7. The van der Waals surface area contributed by atoms with E-state index < -0.39 is 25.1 Å². The largest absolute Gasteiger partial charge is 0.497 e. The molecule has 1 aliphatic heterocycles. The van der Waals surface area contributed by atoms with Crippen molar-refractivity contribution in [2.45, 2.75) is 34.8 Å². The van der Waals surface area contributed by atoms with E-state index in [4.69, 9.17) is 4.74 Å². The van der Waals surface area contributed by atoms with Crippen LogP contribution in [0.4, 0.5) is 0 Å². The quantitative estimate of drug-likeness (QED) is 0.733. The fourth-order valence-corrected chi connectivity index (χ4v) is 6.30. The number of nitrogens with zero attached hydrogens (tertiary/aromatic N) is 1. The molecule has 146 valence electrons. The lowest BCUT2D eigenvalue weighted by molar-refractivity contribution is 0.309. The number of sulfone groups is 1. The van der Waals surface area contributed by atoms with E-state index in [1.165, 1.54) is 23.5 Å². The molecule has 2 aromatic rings. The highest BCUT2D eigenvalue weighted by Crippen LogP contribution is 2.30. The van der Waals surface area contributed by atoms with E-state index in [-0.39, 0.29) is 22.9 Å². The highest BCUT2D eigenvalue weighted by molar-refractivity contribution is 7.92. The van der Waals surface area contributed by atoms with Crippen molar-refractivity contribution >= 4 is 19.9 Å². The van der Waals surface area contributed by atoms with Crippen molar-refractivity contribution in [2.75, 3.05) is 20.2 Å². The van der Waals surface area contributed by atoms with Crippen LogP contribution in [0.2, 0.25) is 0 Å². The van der Waals surface area contributed by atoms with Crippen molar-refractivity contribution in [3.63, 3.8) is 0 Å². The summed E-state index contributed by atoms with van der Waals surface area (Å²) in [5.41, 5.74) is 1.05. The Morgan fingerprint density at radius 3 is 1.89 bits per heavy atom. The molecule has 1 fully saturated rings. The minimum Gasteiger partial charge on any atom is -0.497 e. The van der Waals surface area contributed by atoms with Crippen molar-refractivity contribution < 1.29 is 21.6 Å². The van der Waals surface area contributed by atoms with E-state index in [1.54, 1.807) is 36.4 Å². The van der Waals surface area contributed by atoms with Gasteiger partial charge in [0.25, 0.3) is 0 Å². The molecule has 0 atom stereocenters. The smallest absolute Gasteiger partial charge is 0.243 e. The van der Waals surface area contributed by atoms with E-state index in [9.17, 15) is 16.8 Å². The van der Waals surface area contributed by atoms with E-state index in [2.05, 4.69) is 0 Å². The predicted molar refractivity (Wildman–Crippen MR) is 103 cm³/mol. The molecule has 0 saturated carbocycles. The molecule has 0 amide bonds. The molecule has 0 aromatic heterocycles. The van der Waals surface area contributed by atoms with Gasteiger partial charge in [0.15, 0.2) is 9.84 Å². The van der Waals surface area contributed by atoms with Gasteiger partial charge >= 0.3 is 0 Å². The third-order valence-electron chi connectivity index (χ3n) is 4.83. The van der Waals surface area contributed by atoms with Crippen molar-refractivity contribution in [2.24, 2.45) is 0 Å². The second-order valence-corrected chi connectivity index (χ2v) is 11.1. The summed E-state index contributed by atoms with van der Waals surface area (Å²) in [5.74, 6) is 0.876. The molecular formula is C19H23NO5S2. The fourth-order valence-electron chi connectivity index (χ4n) is 2.92. The summed E-state index contributed by atoms with van der Waals surface area (Å²) in [6, 6.07) is 12.9. The van der Waals surface area contributed by atoms with Crippen LogP contribution in [0.1, 0.15) is 25.3 Å². The second-order valence-electron chi connectivity index (χ2n) is 6.89. The Bertz CT molecular complexity index is 1000. The lowest BCUT2D eigenvalue weighted by Gasteiger charge is -2.37. The number of ether oxygens (including phenoxy) is 1. The maximum Gasteiger partial charge on any atom is 0.243 e. The van der Waals surface area contributed by atoms with Crippen molar-refractivity contribution in [1.82, 2.24) is 4.31 Å². The molecule has 0 aliphatic carbocycles. The molecule has 0 bridgehead atoms. The van der Waals surface area contributed by atoms with Crippen LogP contribution >= 0.6 is 0 Å². The van der Waals surface area contributed by atoms with Crippen LogP contribution in [0.25, 0.3) is 0 Å². The maximum absolute atomic E-state index is 12.7. The summed E-state index contributed by atoms with van der Waals surface area (Å²) in [5, 5.41) is -0.740. The van der Waals surface area contributed by atoms with Gasteiger partial charge in [-0.05, 0) is 47.9 Å². The zero-order chi connectivity index (χ0) is 19.8. The molecule has 1 heterocycles. The van der Waals surface area contributed by atoms with Gasteiger partial charge in [-0.1, -0.05) is 26.0 Å². The number of rotatable bonds is 6. The standard InChI is InChI=1S/C19H23NO5S2/c1-14(2)15-4-8-18(9-5-15)27(23,24)20-12-19(13-20)26(21,22)17-10-6-16(25-3)7-11-17/h4-11,14,19H,12-13H2,1-3H3. The first-order chi connectivity index (χ1) is 12.7. The first kappa shape index (κ1) is 19.9. The average Bonchev–Trinajstić information content (AvgIpc) is 2.60. The van der Waals surface area contributed by atoms with Gasteiger partial charge in [-0.15, -0.1) is 0 Å². The van der Waals surface area contributed by atoms with Gasteiger partial charge in [-0.3, -0.25) is 0 Å². The molecular weight excluding hydrogens is 386 g/mol. The monoisotopic (exact) mass is 409 g/mol. The van der Waals surface area contributed by atoms with Crippen LogP contribution in [-0.2, 0) is 19.9 Å². The summed E-state index contributed by atoms with van der Waals surface area (Å²) in [6.45, 7) is 3.99. The Morgan fingerprint density at radius 2 is 1.41 bits per heavy atom. The fraction of sp³-hybridized carbons (Fsp3) is 0.368.